The average Bonchev–Trinajstić information content (AvgIpc) is 1.58. The van der Waals surface area contributed by atoms with E-state index in [0.717, 1.165) is 131 Å². The molecule has 0 spiro atoms. The van der Waals surface area contributed by atoms with E-state index in [-0.39, 0.29) is 37.9 Å². The maximum Gasteiger partial charge on any atom is 0.416 e. The fourth-order valence-electron chi connectivity index (χ4n) is 15.3. The minimum absolute atomic E-state index is 0.0432. The molecule has 30 heteroatoms. The second kappa shape index (κ2) is 30.8. The van der Waals surface area contributed by atoms with Crippen molar-refractivity contribution < 1.29 is 74.0 Å². The molecular formula is C87H77F4N9O13S4. The van der Waals surface area contributed by atoms with Gasteiger partial charge in [-0.1, -0.05) is 97.1 Å². The van der Waals surface area contributed by atoms with Crippen LogP contribution in [0.3, 0.4) is 0 Å². The lowest BCUT2D eigenvalue weighted by atomic mass is 9.98. The molecule has 0 radical (unpaired) electrons. The van der Waals surface area contributed by atoms with Crippen molar-refractivity contribution in [3.05, 3.63) is 271 Å². The Hall–Kier alpha value is -11.6. The first kappa shape index (κ1) is 77.9. The molecule has 5 aliphatic heterocycles. The third-order valence-electron chi connectivity index (χ3n) is 21.7. The zero-order valence-electron chi connectivity index (χ0n) is 63.7. The highest BCUT2D eigenvalue weighted by atomic mass is 32.2. The van der Waals surface area contributed by atoms with Gasteiger partial charge in [0.25, 0.3) is 10.0 Å². The first-order valence-corrected chi connectivity index (χ1v) is 43.4. The van der Waals surface area contributed by atoms with Crippen molar-refractivity contribution >= 4 is 139 Å². The van der Waals surface area contributed by atoms with Crippen LogP contribution in [-0.4, -0.2) is 161 Å². The molecule has 0 amide bonds. The van der Waals surface area contributed by atoms with Crippen LogP contribution in [0.5, 0.6) is 11.5 Å². The largest absolute Gasteiger partial charge is 0.454 e. The van der Waals surface area contributed by atoms with Crippen molar-refractivity contribution in [1.29, 1.82) is 0 Å². The van der Waals surface area contributed by atoms with Crippen LogP contribution in [0.4, 0.5) is 17.6 Å². The predicted octanol–water partition coefficient (Wildman–Crippen LogP) is 16.9. The standard InChI is InChI=1S/C23H19F3N2O3S.C22H19FN2O3S.C22H20N2O3S.C20H19N3O4S/c1-27-10-8-15(9-11-27)19-14-28(20-7-6-17(13-18(19)20)23(24,25)26)32(29,30)22-12-16-4-2-3-5-21(16)31-22;1-24-10-8-15(9-11-24)19-14-25(20-7-6-17(23)13-18(19)20)29(26,27)22-12-16-4-2-3-5-21(16)28-22;1-23-12-10-16(11-13-23)19-15-24(20-8-4-3-7-18(19)20)28(25,26)22-14-17-6-2-5-9-21(17)27-22;1-22-9-6-14(7-10-22)17-12-23(20-16(17)3-2-8-21-20)28(24,25)15-4-5-18-19(11-15)27-13-26-18/h2-8,12-14H,9-11H2,1H3;2-8,12-14H,9-11H2,1H3;2-10,14-15H,11-13H2,1H3;2-6,8,11-12H,7,9-10,13H2,1H3. The van der Waals surface area contributed by atoms with Crippen LogP contribution in [0, 0.1) is 5.82 Å². The summed E-state index contributed by atoms with van der Waals surface area (Å²) in [7, 11) is -7.69. The topological polar surface area (TPSA) is 240 Å². The van der Waals surface area contributed by atoms with Gasteiger partial charge in [0.05, 0.1) is 27.0 Å². The smallest absolute Gasteiger partial charge is 0.416 e. The summed E-state index contributed by atoms with van der Waals surface area (Å²) in [4.78, 5) is 13.2. The van der Waals surface area contributed by atoms with Crippen molar-refractivity contribution in [2.75, 3.05) is 87.3 Å². The van der Waals surface area contributed by atoms with Gasteiger partial charge in [0.1, 0.15) is 22.6 Å². The summed E-state index contributed by atoms with van der Waals surface area (Å²) >= 11 is 0. The highest BCUT2D eigenvalue weighted by Gasteiger charge is 2.35. The Balaban J connectivity index is 0.000000112. The van der Waals surface area contributed by atoms with Crippen LogP contribution in [0.15, 0.2) is 271 Å². The van der Waals surface area contributed by atoms with E-state index in [2.05, 4.69) is 56.9 Å². The number of ether oxygens (including phenoxy) is 2. The molecule has 0 atom stereocenters. The van der Waals surface area contributed by atoms with Crippen LogP contribution in [-0.2, 0) is 46.3 Å². The number of halogens is 4. The lowest BCUT2D eigenvalue weighted by molar-refractivity contribution is -0.137. The number of hydrogen-bond donors (Lipinski definition) is 0. The number of furan rings is 3. The van der Waals surface area contributed by atoms with Crippen LogP contribution < -0.4 is 9.47 Å². The number of nitrogens with zero attached hydrogens (tertiary/aromatic N) is 9. The van der Waals surface area contributed by atoms with Crippen molar-refractivity contribution in [2.45, 2.75) is 52.0 Å². The molecular weight excluding hydrogens is 1580 g/mol. The summed E-state index contributed by atoms with van der Waals surface area (Å²) in [5, 5.41) is 4.28. The molecule has 117 heavy (non-hydrogen) atoms. The van der Waals surface area contributed by atoms with Crippen LogP contribution >= 0.6 is 0 Å². The number of likely N-dealkylation sites (N-methyl/N-ethyl adjacent to an activating group) is 4. The maximum atomic E-state index is 14.0. The minimum atomic E-state index is -4.54. The fourth-order valence-corrected chi connectivity index (χ4v) is 20.6. The molecule has 0 unspecified atom stereocenters. The molecule has 15 aromatic rings. The molecule has 0 fully saturated rings. The van der Waals surface area contributed by atoms with E-state index in [0.29, 0.717) is 79.6 Å². The Morgan fingerprint density at radius 3 is 1.22 bits per heavy atom. The van der Waals surface area contributed by atoms with Crippen molar-refractivity contribution in [3.63, 3.8) is 0 Å². The number of para-hydroxylation sites is 4. The third-order valence-corrected chi connectivity index (χ3v) is 28.0. The molecule has 0 N–H and O–H groups in total. The summed E-state index contributed by atoms with van der Waals surface area (Å²) in [6.45, 7) is 6.71. The maximum absolute atomic E-state index is 14.0. The van der Waals surface area contributed by atoms with Crippen LogP contribution in [0.2, 0.25) is 0 Å². The van der Waals surface area contributed by atoms with Gasteiger partial charge in [-0.25, -0.2) is 33.7 Å². The molecule has 8 aromatic heterocycles. The van der Waals surface area contributed by atoms with E-state index in [1.165, 1.54) is 72.2 Å². The molecule has 600 valence electrons. The molecule has 0 saturated carbocycles. The lowest BCUT2D eigenvalue weighted by Crippen LogP contribution is -2.23. The highest BCUT2D eigenvalue weighted by molar-refractivity contribution is 7.91. The predicted molar refractivity (Wildman–Crippen MR) is 442 cm³/mol. The highest BCUT2D eigenvalue weighted by Crippen LogP contribution is 2.43. The molecule has 0 saturated heterocycles. The van der Waals surface area contributed by atoms with Gasteiger partial charge in [-0.15, -0.1) is 0 Å². The van der Waals surface area contributed by atoms with Gasteiger partial charge in [-0.05, 0) is 161 Å². The molecule has 22 nitrogen and oxygen atoms in total. The summed E-state index contributed by atoms with van der Waals surface area (Å²) in [5.74, 6) is 0.585. The van der Waals surface area contributed by atoms with Crippen LogP contribution in [0.1, 0.15) is 53.5 Å². The van der Waals surface area contributed by atoms with E-state index in [1.807, 2.05) is 80.8 Å². The van der Waals surface area contributed by atoms with Crippen molar-refractivity contribution in [1.82, 2.24) is 40.5 Å². The number of fused-ring (bicyclic) bond motifs is 8. The normalized spacial score (nSPS) is 16.2. The zero-order chi connectivity index (χ0) is 81.5. The monoisotopic (exact) mass is 1660 g/mol. The van der Waals surface area contributed by atoms with Gasteiger partial charge < -0.3 is 42.3 Å². The summed E-state index contributed by atoms with van der Waals surface area (Å²) in [6.07, 6.45) is 15.0. The van der Waals surface area contributed by atoms with Gasteiger partial charge in [0.15, 0.2) is 17.1 Å². The quantitative estimate of drug-likeness (QED) is 0.103. The lowest BCUT2D eigenvalue weighted by Gasteiger charge is -2.21. The van der Waals surface area contributed by atoms with Crippen LogP contribution in [0.25, 0.3) is 98.9 Å². The first-order valence-electron chi connectivity index (χ1n) is 37.6. The molecule has 20 rings (SSSR count). The molecule has 0 bridgehead atoms. The number of aromatic nitrogens is 5. The summed E-state index contributed by atoms with van der Waals surface area (Å²) < 4.78 is 194. The number of rotatable bonds is 12. The molecule has 7 aromatic carbocycles. The number of benzene rings is 7. The fraction of sp³-hybridized carbons (Fsp3) is 0.207. The Labute approximate surface area is 671 Å². The average molecular weight is 1660 g/mol. The Bertz CT molecular complexity index is 6990. The van der Waals surface area contributed by atoms with E-state index in [9.17, 15) is 51.2 Å². The SMILES string of the molecule is CN1CC=C(c2cn(S(=O)(=O)c3cc4ccccc4o3)c3ccc(C(F)(F)F)cc23)CC1.CN1CC=C(c2cn(S(=O)(=O)c3cc4ccccc4o3)c3ccc(F)cc23)CC1.CN1CC=C(c2cn(S(=O)(=O)c3cc4ccccc4o3)c3ccccc23)CC1.CN1CC=C(c2cn(S(=O)(=O)c3ccc4c(c3)OCO4)c3ncccc23)CC1. The Morgan fingerprint density at radius 1 is 0.376 bits per heavy atom. The molecule has 5 aliphatic rings. The second-order valence-electron chi connectivity index (χ2n) is 29.4. The third kappa shape index (κ3) is 15.0. The van der Waals surface area contributed by atoms with Crippen molar-refractivity contribution in [2.24, 2.45) is 0 Å². The minimum Gasteiger partial charge on any atom is -0.454 e. The van der Waals surface area contributed by atoms with E-state index in [4.69, 9.17) is 22.7 Å². The molecule has 13 heterocycles. The number of pyridine rings is 1. The van der Waals surface area contributed by atoms with Gasteiger partial charge in [0, 0.05) is 168 Å². The van der Waals surface area contributed by atoms with Gasteiger partial charge in [-0.3, -0.25) is 0 Å². The van der Waals surface area contributed by atoms with E-state index < -0.39 is 57.7 Å². The molecule has 0 aliphatic carbocycles. The Morgan fingerprint density at radius 2 is 0.769 bits per heavy atom. The first-order chi connectivity index (χ1) is 56.1. The summed E-state index contributed by atoms with van der Waals surface area (Å²) in [5.41, 5.74) is 9.67. The zero-order valence-corrected chi connectivity index (χ0v) is 67.0. The second-order valence-corrected chi connectivity index (χ2v) is 36.5. The van der Waals surface area contributed by atoms with Gasteiger partial charge in [-0.2, -0.15) is 38.4 Å². The van der Waals surface area contributed by atoms with Crippen molar-refractivity contribution in [3.8, 4) is 11.5 Å². The van der Waals surface area contributed by atoms with Gasteiger partial charge >= 0.3 is 36.2 Å². The number of hydrogen-bond acceptors (Lipinski definition) is 18. The number of alkyl halides is 3. The van der Waals surface area contributed by atoms with E-state index >= 15 is 0 Å². The Kier molecular flexibility index (Phi) is 20.5. The summed E-state index contributed by atoms with van der Waals surface area (Å²) in [6, 6.07) is 49.2. The van der Waals surface area contributed by atoms with E-state index in [1.54, 1.807) is 85.5 Å². The van der Waals surface area contributed by atoms with Gasteiger partial charge in [0.2, 0.25) is 22.1 Å².